The zero-order valence-corrected chi connectivity index (χ0v) is 9.70. The Hall–Kier alpha value is -1.91. The molecule has 0 fully saturated rings. The van der Waals surface area contributed by atoms with E-state index >= 15 is 0 Å². The number of ether oxygens (including phenoxy) is 1. The number of hydrogen-bond acceptors (Lipinski definition) is 3. The van der Waals surface area contributed by atoms with Crippen molar-refractivity contribution < 1.29 is 24.0 Å². The lowest BCUT2D eigenvalue weighted by atomic mass is 10.1. The van der Waals surface area contributed by atoms with Crippen molar-refractivity contribution in [2.75, 3.05) is 7.11 Å². The number of pyridine rings is 1. The normalized spacial score (nSPS) is 10.0. The first kappa shape index (κ1) is 12.2. The van der Waals surface area contributed by atoms with Crippen molar-refractivity contribution in [2.45, 2.75) is 13.8 Å². The summed E-state index contributed by atoms with van der Waals surface area (Å²) in [4.78, 5) is 22.4. The van der Waals surface area contributed by atoms with Gasteiger partial charge in [0.1, 0.15) is 18.2 Å². The molecule has 1 aromatic heterocycles. The number of hydrogen-bond donors (Lipinski definition) is 1. The van der Waals surface area contributed by atoms with Gasteiger partial charge < -0.3 is 9.84 Å². The zero-order chi connectivity index (χ0) is 12.5. The fourth-order valence-electron chi connectivity index (χ4n) is 1.50. The van der Waals surface area contributed by atoms with Crippen molar-refractivity contribution in [3.8, 4) is 0 Å². The smallest absolute Gasteiger partial charge is 0.344 e. The molecule has 1 heterocycles. The second-order valence-electron chi connectivity index (χ2n) is 3.50. The third-order valence-electron chi connectivity index (χ3n) is 2.71. The summed E-state index contributed by atoms with van der Waals surface area (Å²) in [6, 6.07) is 1.35. The molecule has 0 radical (unpaired) electrons. The van der Waals surface area contributed by atoms with E-state index in [9.17, 15) is 9.59 Å². The Bertz CT molecular complexity index is 466. The Kier molecular flexibility index (Phi) is 3.27. The molecule has 0 amide bonds. The summed E-state index contributed by atoms with van der Waals surface area (Å²) in [5.41, 5.74) is 1.65. The Balaban J connectivity index is 3.53. The first-order valence-electron chi connectivity index (χ1n) is 4.72. The van der Waals surface area contributed by atoms with Gasteiger partial charge in [-0.05, 0) is 6.07 Å². The number of aromatic nitrogens is 1. The van der Waals surface area contributed by atoms with Gasteiger partial charge in [-0.25, -0.2) is 14.2 Å². The largest absolute Gasteiger partial charge is 0.477 e. The van der Waals surface area contributed by atoms with E-state index in [-0.39, 0.29) is 11.1 Å². The second kappa shape index (κ2) is 4.30. The topological polar surface area (TPSA) is 67.5 Å². The average molecular weight is 224 g/mol. The van der Waals surface area contributed by atoms with Gasteiger partial charge in [0.25, 0.3) is 0 Å². The van der Waals surface area contributed by atoms with Crippen LogP contribution in [0.2, 0.25) is 0 Å². The summed E-state index contributed by atoms with van der Waals surface area (Å²) in [5, 5.41) is 8.99. The molecule has 0 unspecified atom stereocenters. The number of carboxylic acid groups (broad SMARTS) is 1. The number of methoxy groups -OCH3 is 1. The van der Waals surface area contributed by atoms with Crippen molar-refractivity contribution in [3.63, 3.8) is 0 Å². The summed E-state index contributed by atoms with van der Waals surface area (Å²) in [6.07, 6.45) is 0. The Morgan fingerprint density at radius 3 is 2.19 bits per heavy atom. The first-order chi connectivity index (χ1) is 7.40. The molecule has 0 saturated carbocycles. The van der Waals surface area contributed by atoms with E-state index in [1.807, 2.05) is 0 Å². The van der Waals surface area contributed by atoms with Crippen molar-refractivity contribution in [1.29, 1.82) is 0 Å². The van der Waals surface area contributed by atoms with E-state index in [0.29, 0.717) is 11.4 Å². The van der Waals surface area contributed by atoms with Gasteiger partial charge in [-0.1, -0.05) is 0 Å². The molecule has 86 valence electrons. The van der Waals surface area contributed by atoms with Crippen molar-refractivity contribution in [2.24, 2.45) is 7.05 Å². The summed E-state index contributed by atoms with van der Waals surface area (Å²) in [5.74, 6) is -1.59. The van der Waals surface area contributed by atoms with Crippen LogP contribution >= 0.6 is 0 Å². The molecule has 0 bridgehead atoms. The van der Waals surface area contributed by atoms with Gasteiger partial charge in [-0.2, -0.15) is 0 Å². The van der Waals surface area contributed by atoms with Gasteiger partial charge >= 0.3 is 11.9 Å². The van der Waals surface area contributed by atoms with Crippen LogP contribution in [0.1, 0.15) is 32.1 Å². The highest BCUT2D eigenvalue weighted by Crippen LogP contribution is 2.11. The first-order valence-corrected chi connectivity index (χ1v) is 4.72. The van der Waals surface area contributed by atoms with E-state index in [1.165, 1.54) is 13.2 Å². The van der Waals surface area contributed by atoms with Crippen LogP contribution in [0, 0.1) is 13.8 Å². The predicted molar refractivity (Wildman–Crippen MR) is 55.4 cm³/mol. The molecule has 0 atom stereocenters. The van der Waals surface area contributed by atoms with E-state index in [4.69, 9.17) is 5.11 Å². The van der Waals surface area contributed by atoms with Gasteiger partial charge in [0.2, 0.25) is 0 Å². The number of carbonyl (C=O) groups is 2. The highest BCUT2D eigenvalue weighted by Gasteiger charge is 2.24. The molecule has 1 N–H and O–H groups in total. The fraction of sp³-hybridized carbons (Fsp3) is 0.364. The molecular weight excluding hydrogens is 210 g/mol. The molecule has 1 aromatic rings. The van der Waals surface area contributed by atoms with Gasteiger partial charge in [-0.15, -0.1) is 0 Å². The van der Waals surface area contributed by atoms with Crippen LogP contribution in [0.15, 0.2) is 6.07 Å². The number of rotatable bonds is 2. The van der Waals surface area contributed by atoms with Gasteiger partial charge in [0.15, 0.2) is 11.4 Å². The monoisotopic (exact) mass is 224 g/mol. The number of nitrogens with zero attached hydrogens (tertiary/aromatic N) is 1. The number of aromatic carboxylic acids is 1. The maximum atomic E-state index is 11.4. The van der Waals surface area contributed by atoms with E-state index in [0.717, 1.165) is 0 Å². The minimum Gasteiger partial charge on any atom is -0.477 e. The van der Waals surface area contributed by atoms with Crippen molar-refractivity contribution >= 4 is 11.9 Å². The lowest BCUT2D eigenvalue weighted by molar-refractivity contribution is -0.684. The van der Waals surface area contributed by atoms with Crippen molar-refractivity contribution in [3.05, 3.63) is 28.6 Å². The third-order valence-corrected chi connectivity index (χ3v) is 2.71. The van der Waals surface area contributed by atoms with Crippen LogP contribution in [-0.2, 0) is 11.8 Å². The summed E-state index contributed by atoms with van der Waals surface area (Å²) >= 11 is 0. The van der Waals surface area contributed by atoms with E-state index < -0.39 is 11.9 Å². The van der Waals surface area contributed by atoms with Crippen molar-refractivity contribution in [1.82, 2.24) is 0 Å². The van der Waals surface area contributed by atoms with Gasteiger partial charge in [0.05, 0.1) is 7.11 Å². The zero-order valence-electron chi connectivity index (χ0n) is 9.70. The quantitative estimate of drug-likeness (QED) is 0.590. The molecular formula is C11H14NO4+. The van der Waals surface area contributed by atoms with Crippen LogP contribution in [0.3, 0.4) is 0 Å². The molecule has 5 nitrogen and oxygen atoms in total. The van der Waals surface area contributed by atoms with Crippen LogP contribution in [0.25, 0.3) is 0 Å². The average Bonchev–Trinajstić information content (AvgIpc) is 2.25. The molecule has 0 aliphatic carbocycles. The van der Waals surface area contributed by atoms with Crippen LogP contribution in [-0.4, -0.2) is 24.2 Å². The number of carboxylic acids is 1. The van der Waals surface area contributed by atoms with Crippen LogP contribution in [0.5, 0.6) is 0 Å². The minimum absolute atomic E-state index is 0.105. The van der Waals surface area contributed by atoms with Gasteiger partial charge in [-0.3, -0.25) is 0 Å². The molecule has 5 heteroatoms. The molecule has 0 spiro atoms. The second-order valence-corrected chi connectivity index (χ2v) is 3.50. The van der Waals surface area contributed by atoms with Crippen LogP contribution < -0.4 is 4.57 Å². The molecule has 0 saturated heterocycles. The Morgan fingerprint density at radius 1 is 1.25 bits per heavy atom. The lowest BCUT2D eigenvalue weighted by Crippen LogP contribution is -2.39. The summed E-state index contributed by atoms with van der Waals surface area (Å²) in [7, 11) is 2.98. The van der Waals surface area contributed by atoms with E-state index in [1.54, 1.807) is 25.5 Å². The lowest BCUT2D eigenvalue weighted by Gasteiger charge is -2.06. The standard InChI is InChI=1S/C11H13NO4/c1-6-8(10(13)14)5-9(11(15)16-4)7(2)12(6)3/h5H,1-4H3/p+1. The van der Waals surface area contributed by atoms with E-state index in [2.05, 4.69) is 4.74 Å². The van der Waals surface area contributed by atoms with Gasteiger partial charge in [0, 0.05) is 13.8 Å². The predicted octanol–water partition coefficient (Wildman–Crippen LogP) is 0.613. The molecule has 0 aromatic carbocycles. The molecule has 0 aliphatic rings. The Labute approximate surface area is 93.3 Å². The Morgan fingerprint density at radius 2 is 1.75 bits per heavy atom. The minimum atomic E-state index is -1.06. The summed E-state index contributed by atoms with van der Waals surface area (Å²) < 4.78 is 6.26. The highest BCUT2D eigenvalue weighted by molar-refractivity contribution is 5.95. The maximum Gasteiger partial charge on any atom is 0.344 e. The SMILES string of the molecule is COC(=O)c1cc(C(=O)O)c(C)[n+](C)c1C. The number of esters is 1. The maximum absolute atomic E-state index is 11.4. The number of carbonyl (C=O) groups excluding carboxylic acids is 1. The molecule has 0 aliphatic heterocycles. The fourth-order valence-corrected chi connectivity index (χ4v) is 1.50. The van der Waals surface area contributed by atoms with Crippen LogP contribution in [0.4, 0.5) is 0 Å². The summed E-state index contributed by atoms with van der Waals surface area (Å²) in [6.45, 7) is 3.43. The highest BCUT2D eigenvalue weighted by atomic mass is 16.5. The third kappa shape index (κ3) is 1.88. The molecule has 16 heavy (non-hydrogen) atoms. The molecule has 1 rings (SSSR count).